The van der Waals surface area contributed by atoms with Crippen molar-refractivity contribution in [3.8, 4) is 5.75 Å². The zero-order valence-electron chi connectivity index (χ0n) is 13.8. The van der Waals surface area contributed by atoms with Crippen molar-refractivity contribution in [1.82, 2.24) is 5.32 Å². The lowest BCUT2D eigenvalue weighted by atomic mass is 10.1. The van der Waals surface area contributed by atoms with Crippen LogP contribution in [0.4, 0.5) is 4.39 Å². The maximum atomic E-state index is 13.5. The van der Waals surface area contributed by atoms with E-state index in [4.69, 9.17) is 4.74 Å². The predicted molar refractivity (Wildman–Crippen MR) is 95.4 cm³/mol. The van der Waals surface area contributed by atoms with E-state index in [-0.39, 0.29) is 11.7 Å². The zero-order chi connectivity index (χ0) is 17.3. The van der Waals surface area contributed by atoms with Crippen molar-refractivity contribution >= 4 is 27.3 Å². The summed E-state index contributed by atoms with van der Waals surface area (Å²) in [4.78, 5) is 13.0. The van der Waals surface area contributed by atoms with Gasteiger partial charge in [0.15, 0.2) is 0 Å². The Kier molecular flexibility index (Phi) is 4.53. The standard InChI is InChI=1S/C19H18FNO2S/c1-11-4-5-13(8-12(11)2)10-21-19(22)18-17(23-3)15-9-14(20)6-7-16(15)24-18/h4-9H,10H2,1-3H3,(H,21,22). The number of hydrogen-bond donors (Lipinski definition) is 1. The molecule has 0 aliphatic heterocycles. The van der Waals surface area contributed by atoms with Gasteiger partial charge in [0.25, 0.3) is 5.91 Å². The normalized spacial score (nSPS) is 10.8. The number of halogens is 1. The number of hydrogen-bond acceptors (Lipinski definition) is 3. The van der Waals surface area contributed by atoms with Gasteiger partial charge in [-0.3, -0.25) is 4.79 Å². The minimum atomic E-state index is -0.347. The summed E-state index contributed by atoms with van der Waals surface area (Å²) in [5, 5.41) is 3.53. The molecule has 3 nitrogen and oxygen atoms in total. The fraction of sp³-hybridized carbons (Fsp3) is 0.211. The molecule has 124 valence electrons. The molecule has 0 atom stereocenters. The highest BCUT2D eigenvalue weighted by atomic mass is 32.1. The van der Waals surface area contributed by atoms with Gasteiger partial charge in [-0.05, 0) is 48.7 Å². The summed E-state index contributed by atoms with van der Waals surface area (Å²) in [7, 11) is 1.49. The summed E-state index contributed by atoms with van der Waals surface area (Å²) < 4.78 is 19.6. The second-order valence-electron chi connectivity index (χ2n) is 5.71. The number of amides is 1. The first-order valence-corrected chi connectivity index (χ1v) is 8.41. The van der Waals surface area contributed by atoms with Crippen LogP contribution in [-0.2, 0) is 6.54 Å². The van der Waals surface area contributed by atoms with Gasteiger partial charge in [0.1, 0.15) is 16.4 Å². The molecule has 3 rings (SSSR count). The lowest BCUT2D eigenvalue weighted by molar-refractivity contribution is 0.0952. The number of nitrogens with one attached hydrogen (secondary N) is 1. The molecule has 1 aromatic heterocycles. The summed E-state index contributed by atoms with van der Waals surface area (Å²) >= 11 is 1.30. The first-order chi connectivity index (χ1) is 11.5. The number of carbonyl (C=O) groups excluding carboxylic acids is 1. The number of benzene rings is 2. The van der Waals surface area contributed by atoms with Crippen LogP contribution in [0, 0.1) is 19.7 Å². The summed E-state index contributed by atoms with van der Waals surface area (Å²) in [6, 6.07) is 10.5. The van der Waals surface area contributed by atoms with E-state index in [1.165, 1.54) is 41.7 Å². The first-order valence-electron chi connectivity index (χ1n) is 7.60. The van der Waals surface area contributed by atoms with Gasteiger partial charge in [0.2, 0.25) is 0 Å². The van der Waals surface area contributed by atoms with E-state index in [0.29, 0.717) is 22.6 Å². The van der Waals surface area contributed by atoms with E-state index in [1.54, 1.807) is 6.07 Å². The second-order valence-corrected chi connectivity index (χ2v) is 6.76. The van der Waals surface area contributed by atoms with Gasteiger partial charge in [0.05, 0.1) is 7.11 Å². The van der Waals surface area contributed by atoms with Crippen LogP contribution in [0.2, 0.25) is 0 Å². The van der Waals surface area contributed by atoms with Crippen LogP contribution in [0.5, 0.6) is 5.75 Å². The van der Waals surface area contributed by atoms with Crippen LogP contribution in [-0.4, -0.2) is 13.0 Å². The minimum Gasteiger partial charge on any atom is -0.494 e. The lowest BCUT2D eigenvalue weighted by Gasteiger charge is -2.08. The number of carbonyl (C=O) groups is 1. The molecule has 0 aliphatic carbocycles. The number of ether oxygens (including phenoxy) is 1. The van der Waals surface area contributed by atoms with Gasteiger partial charge < -0.3 is 10.1 Å². The van der Waals surface area contributed by atoms with Crippen molar-refractivity contribution in [1.29, 1.82) is 0 Å². The van der Waals surface area contributed by atoms with Crippen LogP contribution < -0.4 is 10.1 Å². The molecule has 0 unspecified atom stereocenters. The van der Waals surface area contributed by atoms with Gasteiger partial charge in [0, 0.05) is 16.6 Å². The van der Waals surface area contributed by atoms with E-state index >= 15 is 0 Å². The van der Waals surface area contributed by atoms with Crippen molar-refractivity contribution in [2.24, 2.45) is 0 Å². The average Bonchev–Trinajstić information content (AvgIpc) is 2.93. The highest BCUT2D eigenvalue weighted by molar-refractivity contribution is 7.21. The van der Waals surface area contributed by atoms with Gasteiger partial charge in [-0.1, -0.05) is 18.2 Å². The molecule has 0 fully saturated rings. The molecule has 2 aromatic carbocycles. The molecule has 0 saturated heterocycles. The average molecular weight is 343 g/mol. The van der Waals surface area contributed by atoms with Gasteiger partial charge >= 0.3 is 0 Å². The summed E-state index contributed by atoms with van der Waals surface area (Å²) in [5.41, 5.74) is 3.45. The molecule has 5 heteroatoms. The number of aryl methyl sites for hydroxylation is 2. The molecular formula is C19H18FNO2S. The van der Waals surface area contributed by atoms with E-state index in [1.807, 2.05) is 19.1 Å². The molecule has 1 amide bonds. The molecule has 0 saturated carbocycles. The van der Waals surface area contributed by atoms with Gasteiger partial charge in [-0.15, -0.1) is 11.3 Å². The number of fused-ring (bicyclic) bond motifs is 1. The van der Waals surface area contributed by atoms with Crippen LogP contribution in [0.25, 0.3) is 10.1 Å². The second kappa shape index (κ2) is 6.61. The Morgan fingerprint density at radius 3 is 2.67 bits per heavy atom. The number of methoxy groups -OCH3 is 1. The summed E-state index contributed by atoms with van der Waals surface area (Å²) in [6.07, 6.45) is 0. The first kappa shape index (κ1) is 16.5. The Labute approximate surface area is 144 Å². The van der Waals surface area contributed by atoms with E-state index in [0.717, 1.165) is 10.3 Å². The van der Waals surface area contributed by atoms with Crippen molar-refractivity contribution in [3.63, 3.8) is 0 Å². The Morgan fingerprint density at radius 1 is 1.17 bits per heavy atom. The van der Waals surface area contributed by atoms with Crippen LogP contribution in [0.1, 0.15) is 26.4 Å². The molecule has 0 bridgehead atoms. The smallest absolute Gasteiger partial charge is 0.265 e. The maximum absolute atomic E-state index is 13.5. The molecule has 1 N–H and O–H groups in total. The van der Waals surface area contributed by atoms with E-state index < -0.39 is 0 Å². The third-order valence-corrected chi connectivity index (χ3v) is 5.19. The van der Waals surface area contributed by atoms with E-state index in [2.05, 4.69) is 18.3 Å². The van der Waals surface area contributed by atoms with Crippen LogP contribution in [0.3, 0.4) is 0 Å². The Balaban J connectivity index is 1.84. The molecule has 0 spiro atoms. The highest BCUT2D eigenvalue weighted by Crippen LogP contribution is 2.37. The van der Waals surface area contributed by atoms with Gasteiger partial charge in [-0.25, -0.2) is 4.39 Å². The van der Waals surface area contributed by atoms with Crippen molar-refractivity contribution in [2.75, 3.05) is 7.11 Å². The monoisotopic (exact) mass is 343 g/mol. The maximum Gasteiger partial charge on any atom is 0.265 e. The van der Waals surface area contributed by atoms with Crippen LogP contribution >= 0.6 is 11.3 Å². The molecule has 24 heavy (non-hydrogen) atoms. The topological polar surface area (TPSA) is 38.3 Å². The van der Waals surface area contributed by atoms with Crippen molar-refractivity contribution in [3.05, 3.63) is 63.8 Å². The van der Waals surface area contributed by atoms with Gasteiger partial charge in [-0.2, -0.15) is 0 Å². The quantitative estimate of drug-likeness (QED) is 0.752. The SMILES string of the molecule is COc1c(C(=O)NCc2ccc(C)c(C)c2)sc2ccc(F)cc12. The highest BCUT2D eigenvalue weighted by Gasteiger charge is 2.19. The zero-order valence-corrected chi connectivity index (χ0v) is 14.6. The number of thiophene rings is 1. The predicted octanol–water partition coefficient (Wildman–Crippen LogP) is 4.60. The Bertz CT molecular complexity index is 917. The fourth-order valence-electron chi connectivity index (χ4n) is 2.58. The molecule has 3 aromatic rings. The molecule has 1 heterocycles. The third kappa shape index (κ3) is 3.12. The van der Waals surface area contributed by atoms with E-state index in [9.17, 15) is 9.18 Å². The Hall–Kier alpha value is -2.40. The summed E-state index contributed by atoms with van der Waals surface area (Å²) in [5.74, 6) is -0.139. The summed E-state index contributed by atoms with van der Waals surface area (Å²) in [6.45, 7) is 4.54. The largest absolute Gasteiger partial charge is 0.494 e. The lowest BCUT2D eigenvalue weighted by Crippen LogP contribution is -2.22. The number of rotatable bonds is 4. The third-order valence-electron chi connectivity index (χ3n) is 4.04. The molecular weight excluding hydrogens is 325 g/mol. The van der Waals surface area contributed by atoms with Crippen LogP contribution in [0.15, 0.2) is 36.4 Å². The fourth-order valence-corrected chi connectivity index (χ4v) is 3.64. The van der Waals surface area contributed by atoms with Crippen molar-refractivity contribution < 1.29 is 13.9 Å². The molecule has 0 radical (unpaired) electrons. The minimum absolute atomic E-state index is 0.216. The van der Waals surface area contributed by atoms with Crippen molar-refractivity contribution in [2.45, 2.75) is 20.4 Å². The molecule has 0 aliphatic rings. The Morgan fingerprint density at radius 2 is 1.96 bits per heavy atom.